The molecule has 0 spiro atoms. The predicted molar refractivity (Wildman–Crippen MR) is 113 cm³/mol. The number of hydrogen-bond donors (Lipinski definition) is 1. The van der Waals surface area contributed by atoms with Gasteiger partial charge < -0.3 is 19.7 Å². The van der Waals surface area contributed by atoms with Crippen LogP contribution in [0.25, 0.3) is 0 Å². The number of methoxy groups -OCH3 is 1. The first-order valence-corrected chi connectivity index (χ1v) is 11.1. The highest BCUT2D eigenvalue weighted by atomic mass is 32.2. The molecule has 160 valence electrons. The maximum atomic E-state index is 12.3. The highest BCUT2D eigenvalue weighted by Crippen LogP contribution is 2.27. The van der Waals surface area contributed by atoms with Gasteiger partial charge >= 0.3 is 5.97 Å². The normalized spacial score (nSPS) is 14.3. The van der Waals surface area contributed by atoms with Gasteiger partial charge in [0.25, 0.3) is 5.91 Å². The molecular formula is C21H30N2O5S. The second kappa shape index (κ2) is 12.4. The third-order valence-electron chi connectivity index (χ3n) is 4.77. The van der Waals surface area contributed by atoms with Gasteiger partial charge in [-0.3, -0.25) is 14.4 Å². The highest BCUT2D eigenvalue weighted by Gasteiger charge is 2.20. The topological polar surface area (TPSA) is 84.9 Å². The Balaban J connectivity index is 1.88. The third kappa shape index (κ3) is 7.61. The first-order valence-electron chi connectivity index (χ1n) is 9.98. The second-order valence-corrected chi connectivity index (χ2v) is 7.93. The lowest BCUT2D eigenvalue weighted by Crippen LogP contribution is -2.32. The standard InChI is InChI=1S/C21H30N2O5S/c1-3-17(22-19(24)10-13-29-15-21(26)27-2)16-8-4-5-9-18(16)28-14-20(25)23-11-6-7-12-23/h4-5,8-9,17H,3,6-7,10-15H2,1-2H3,(H,22,24). The maximum Gasteiger partial charge on any atom is 0.315 e. The summed E-state index contributed by atoms with van der Waals surface area (Å²) >= 11 is 1.37. The molecule has 8 heteroatoms. The van der Waals surface area contributed by atoms with E-state index in [1.54, 1.807) is 0 Å². The van der Waals surface area contributed by atoms with Gasteiger partial charge in [-0.25, -0.2) is 0 Å². The van der Waals surface area contributed by atoms with E-state index in [2.05, 4.69) is 10.1 Å². The monoisotopic (exact) mass is 422 g/mol. The summed E-state index contributed by atoms with van der Waals surface area (Å²) in [6.45, 7) is 3.59. The molecule has 1 unspecified atom stereocenters. The van der Waals surface area contributed by atoms with Crippen LogP contribution >= 0.6 is 11.8 Å². The van der Waals surface area contributed by atoms with Gasteiger partial charge in [-0.2, -0.15) is 0 Å². The number of amides is 2. The van der Waals surface area contributed by atoms with Crippen LogP contribution in [-0.2, 0) is 19.1 Å². The van der Waals surface area contributed by atoms with Crippen LogP contribution in [-0.4, -0.2) is 61.0 Å². The second-order valence-electron chi connectivity index (χ2n) is 6.82. The average Bonchev–Trinajstić information content (AvgIpc) is 3.28. The van der Waals surface area contributed by atoms with E-state index in [-0.39, 0.29) is 36.2 Å². The van der Waals surface area contributed by atoms with Crippen LogP contribution in [0.3, 0.4) is 0 Å². The summed E-state index contributed by atoms with van der Waals surface area (Å²) in [5.41, 5.74) is 0.861. The van der Waals surface area contributed by atoms with Crippen LogP contribution in [0.2, 0.25) is 0 Å². The SMILES string of the molecule is CCC(NC(=O)CCSCC(=O)OC)c1ccccc1OCC(=O)N1CCCC1. The van der Waals surface area contributed by atoms with E-state index in [0.29, 0.717) is 24.3 Å². The number of carbonyl (C=O) groups is 3. The molecule has 1 aromatic rings. The van der Waals surface area contributed by atoms with Crippen molar-refractivity contribution in [3.05, 3.63) is 29.8 Å². The van der Waals surface area contributed by atoms with E-state index in [9.17, 15) is 14.4 Å². The van der Waals surface area contributed by atoms with Gasteiger partial charge in [0, 0.05) is 30.8 Å². The fourth-order valence-electron chi connectivity index (χ4n) is 3.14. The van der Waals surface area contributed by atoms with E-state index in [0.717, 1.165) is 31.5 Å². The lowest BCUT2D eigenvalue weighted by molar-refractivity contribution is -0.137. The third-order valence-corrected chi connectivity index (χ3v) is 5.70. The first-order chi connectivity index (χ1) is 14.0. The zero-order valence-electron chi connectivity index (χ0n) is 17.1. The van der Waals surface area contributed by atoms with Crippen LogP contribution < -0.4 is 10.1 Å². The zero-order chi connectivity index (χ0) is 21.1. The molecule has 0 bridgehead atoms. The Kier molecular flexibility index (Phi) is 9.83. The van der Waals surface area contributed by atoms with Crippen molar-refractivity contribution in [2.24, 2.45) is 0 Å². The zero-order valence-corrected chi connectivity index (χ0v) is 18.0. The molecule has 0 saturated carbocycles. The van der Waals surface area contributed by atoms with E-state index >= 15 is 0 Å². The van der Waals surface area contributed by atoms with Gasteiger partial charge in [0.05, 0.1) is 18.9 Å². The minimum atomic E-state index is -0.295. The maximum absolute atomic E-state index is 12.3. The van der Waals surface area contributed by atoms with Crippen LogP contribution in [0, 0.1) is 0 Å². The number of thioether (sulfide) groups is 1. The molecule has 1 aliphatic heterocycles. The van der Waals surface area contributed by atoms with Crippen molar-refractivity contribution in [1.82, 2.24) is 10.2 Å². The Bertz CT molecular complexity index is 691. The molecule has 0 aliphatic carbocycles. The minimum absolute atomic E-state index is 0.00276. The molecular weight excluding hydrogens is 392 g/mol. The summed E-state index contributed by atoms with van der Waals surface area (Å²) in [6, 6.07) is 7.29. The summed E-state index contributed by atoms with van der Waals surface area (Å²) in [7, 11) is 1.35. The molecule has 0 radical (unpaired) electrons. The van der Waals surface area contributed by atoms with E-state index in [1.807, 2.05) is 36.1 Å². The van der Waals surface area contributed by atoms with Crippen LogP contribution in [0.15, 0.2) is 24.3 Å². The van der Waals surface area contributed by atoms with Gasteiger partial charge in [0.2, 0.25) is 5.91 Å². The summed E-state index contributed by atoms with van der Waals surface area (Å²) in [5.74, 6) is 1.01. The number of ether oxygens (including phenoxy) is 2. The minimum Gasteiger partial charge on any atom is -0.483 e. The molecule has 29 heavy (non-hydrogen) atoms. The number of carbonyl (C=O) groups excluding carboxylic acids is 3. The van der Waals surface area contributed by atoms with Crippen molar-refractivity contribution in [2.45, 2.75) is 38.6 Å². The van der Waals surface area contributed by atoms with Crippen molar-refractivity contribution in [1.29, 1.82) is 0 Å². The number of esters is 1. The molecule has 1 heterocycles. The number of rotatable bonds is 11. The molecule has 2 amide bonds. The molecule has 0 aromatic heterocycles. The van der Waals surface area contributed by atoms with Gasteiger partial charge in [0.1, 0.15) is 5.75 Å². The Morgan fingerprint density at radius 3 is 2.62 bits per heavy atom. The van der Waals surface area contributed by atoms with E-state index < -0.39 is 0 Å². The fraction of sp³-hybridized carbons (Fsp3) is 0.571. The van der Waals surface area contributed by atoms with E-state index in [1.165, 1.54) is 18.9 Å². The summed E-state index contributed by atoms with van der Waals surface area (Å²) < 4.78 is 10.4. The predicted octanol–water partition coefficient (Wildman–Crippen LogP) is 2.55. The fourth-order valence-corrected chi connectivity index (χ4v) is 3.90. The Morgan fingerprint density at radius 1 is 1.21 bits per heavy atom. The molecule has 7 nitrogen and oxygen atoms in total. The number of benzene rings is 1. The quantitative estimate of drug-likeness (QED) is 0.436. The average molecular weight is 423 g/mol. The molecule has 1 atom stereocenters. The number of nitrogens with zero attached hydrogens (tertiary/aromatic N) is 1. The largest absolute Gasteiger partial charge is 0.483 e. The van der Waals surface area contributed by atoms with Crippen LogP contribution in [0.5, 0.6) is 5.75 Å². The van der Waals surface area contributed by atoms with Crippen molar-refractivity contribution in [3.8, 4) is 5.75 Å². The molecule has 1 aromatic carbocycles. The van der Waals surface area contributed by atoms with Crippen LogP contribution in [0.4, 0.5) is 0 Å². The number of likely N-dealkylation sites (tertiary alicyclic amines) is 1. The number of nitrogens with one attached hydrogen (secondary N) is 1. The van der Waals surface area contributed by atoms with Gasteiger partial charge in [-0.1, -0.05) is 25.1 Å². The molecule has 1 aliphatic rings. The lowest BCUT2D eigenvalue weighted by atomic mass is 10.0. The molecule has 1 N–H and O–H groups in total. The summed E-state index contributed by atoms with van der Waals surface area (Å²) in [6.07, 6.45) is 3.10. The Morgan fingerprint density at radius 2 is 1.93 bits per heavy atom. The van der Waals surface area contributed by atoms with Crippen molar-refractivity contribution < 1.29 is 23.9 Å². The number of hydrogen-bond acceptors (Lipinski definition) is 6. The number of para-hydroxylation sites is 1. The lowest BCUT2D eigenvalue weighted by Gasteiger charge is -2.21. The Hall–Kier alpha value is -2.22. The van der Waals surface area contributed by atoms with Gasteiger partial charge in [-0.15, -0.1) is 11.8 Å². The molecule has 1 saturated heterocycles. The molecule has 2 rings (SSSR count). The van der Waals surface area contributed by atoms with E-state index in [4.69, 9.17) is 4.74 Å². The van der Waals surface area contributed by atoms with Crippen molar-refractivity contribution >= 4 is 29.5 Å². The van der Waals surface area contributed by atoms with Gasteiger partial charge in [-0.05, 0) is 25.3 Å². The molecule has 1 fully saturated rings. The highest BCUT2D eigenvalue weighted by molar-refractivity contribution is 7.99. The van der Waals surface area contributed by atoms with Crippen molar-refractivity contribution in [2.75, 3.05) is 38.3 Å². The van der Waals surface area contributed by atoms with Crippen molar-refractivity contribution in [3.63, 3.8) is 0 Å². The van der Waals surface area contributed by atoms with Crippen LogP contribution in [0.1, 0.15) is 44.2 Å². The van der Waals surface area contributed by atoms with Gasteiger partial charge in [0.15, 0.2) is 6.61 Å². The summed E-state index contributed by atoms with van der Waals surface area (Å²) in [4.78, 5) is 37.5. The summed E-state index contributed by atoms with van der Waals surface area (Å²) in [5, 5.41) is 3.02. The Labute approximate surface area is 176 Å². The smallest absolute Gasteiger partial charge is 0.315 e. The first kappa shape index (κ1) is 23.1.